The zero-order valence-corrected chi connectivity index (χ0v) is 16.8. The lowest BCUT2D eigenvalue weighted by molar-refractivity contribution is 0.0881. The molecule has 0 spiro atoms. The number of ether oxygens (including phenoxy) is 1. The number of rotatable bonds is 5. The first-order valence-corrected chi connectivity index (χ1v) is 10.1. The Labute approximate surface area is 175 Å². The topological polar surface area (TPSA) is 92.8 Å². The number of nitriles is 1. The second-order valence-electron chi connectivity index (χ2n) is 7.47. The average molecular weight is 401 g/mol. The molecule has 0 aliphatic heterocycles. The Kier molecular flexibility index (Phi) is 5.75. The van der Waals surface area contributed by atoms with Crippen molar-refractivity contribution in [1.29, 1.82) is 5.26 Å². The van der Waals surface area contributed by atoms with Gasteiger partial charge in [0.25, 0.3) is 5.91 Å². The molecule has 0 unspecified atom stereocenters. The van der Waals surface area contributed by atoms with Gasteiger partial charge in [-0.15, -0.1) is 0 Å². The van der Waals surface area contributed by atoms with Gasteiger partial charge in [-0.1, -0.05) is 30.3 Å². The van der Waals surface area contributed by atoms with E-state index in [0.717, 1.165) is 36.9 Å². The number of amides is 1. The minimum atomic E-state index is -0.106. The number of hydrogen-bond acceptors (Lipinski definition) is 5. The SMILES string of the molecule is Cn1nc(-c2ccccc2)cc1C(=O)NC1CCC(Oc2ccc(C#N)cn2)CC1. The molecule has 152 valence electrons. The minimum Gasteiger partial charge on any atom is -0.474 e. The molecule has 1 N–H and O–H groups in total. The number of hydrogen-bond donors (Lipinski definition) is 1. The van der Waals surface area contributed by atoms with E-state index in [1.807, 2.05) is 42.5 Å². The Morgan fingerprint density at radius 1 is 1.17 bits per heavy atom. The average Bonchev–Trinajstić information content (AvgIpc) is 3.18. The molecule has 0 atom stereocenters. The predicted molar refractivity (Wildman–Crippen MR) is 112 cm³/mol. The van der Waals surface area contributed by atoms with Crippen molar-refractivity contribution in [1.82, 2.24) is 20.1 Å². The maximum absolute atomic E-state index is 12.8. The highest BCUT2D eigenvalue weighted by Gasteiger charge is 2.25. The van der Waals surface area contributed by atoms with Crippen molar-refractivity contribution in [2.75, 3.05) is 0 Å². The van der Waals surface area contributed by atoms with Crippen LogP contribution in [0.1, 0.15) is 41.7 Å². The Balaban J connectivity index is 1.31. The van der Waals surface area contributed by atoms with Crippen LogP contribution in [0.4, 0.5) is 0 Å². The molecule has 7 nitrogen and oxygen atoms in total. The molecule has 30 heavy (non-hydrogen) atoms. The number of benzene rings is 1. The monoisotopic (exact) mass is 401 g/mol. The van der Waals surface area contributed by atoms with Crippen LogP contribution in [-0.4, -0.2) is 32.8 Å². The molecule has 1 fully saturated rings. The quantitative estimate of drug-likeness (QED) is 0.707. The van der Waals surface area contributed by atoms with Gasteiger partial charge < -0.3 is 10.1 Å². The zero-order valence-electron chi connectivity index (χ0n) is 16.8. The lowest BCUT2D eigenvalue weighted by Crippen LogP contribution is -2.40. The van der Waals surface area contributed by atoms with E-state index in [1.165, 1.54) is 6.20 Å². The number of nitrogens with one attached hydrogen (secondary N) is 1. The number of pyridine rings is 1. The van der Waals surface area contributed by atoms with Crippen LogP contribution in [0.15, 0.2) is 54.7 Å². The van der Waals surface area contributed by atoms with Crippen LogP contribution in [0.5, 0.6) is 5.88 Å². The van der Waals surface area contributed by atoms with Gasteiger partial charge >= 0.3 is 0 Å². The highest BCUT2D eigenvalue weighted by atomic mass is 16.5. The third-order valence-corrected chi connectivity index (χ3v) is 5.34. The van der Waals surface area contributed by atoms with Gasteiger partial charge in [-0.2, -0.15) is 10.4 Å². The maximum atomic E-state index is 12.8. The lowest BCUT2D eigenvalue weighted by atomic mass is 9.93. The Hall–Kier alpha value is -3.66. The van der Waals surface area contributed by atoms with Gasteiger partial charge in [0.1, 0.15) is 17.9 Å². The van der Waals surface area contributed by atoms with E-state index in [9.17, 15) is 4.79 Å². The molecular formula is C23H23N5O2. The van der Waals surface area contributed by atoms with Gasteiger partial charge in [-0.25, -0.2) is 4.98 Å². The Morgan fingerprint density at radius 3 is 2.60 bits per heavy atom. The Bertz CT molecular complexity index is 1050. The fraction of sp³-hybridized carbons (Fsp3) is 0.304. The summed E-state index contributed by atoms with van der Waals surface area (Å²) in [5, 5.41) is 16.4. The van der Waals surface area contributed by atoms with Gasteiger partial charge in [0, 0.05) is 30.9 Å². The summed E-state index contributed by atoms with van der Waals surface area (Å²) in [5.74, 6) is 0.426. The van der Waals surface area contributed by atoms with Crippen molar-refractivity contribution in [3.05, 3.63) is 66.0 Å². The highest BCUT2D eigenvalue weighted by molar-refractivity contribution is 5.93. The van der Waals surface area contributed by atoms with E-state index in [4.69, 9.17) is 10.00 Å². The fourth-order valence-corrected chi connectivity index (χ4v) is 3.70. The van der Waals surface area contributed by atoms with Crippen molar-refractivity contribution < 1.29 is 9.53 Å². The molecule has 1 aromatic carbocycles. The standard InChI is InChI=1S/C23H23N5O2/c1-28-21(13-20(27-28)17-5-3-2-4-6-17)23(29)26-18-8-10-19(11-9-18)30-22-12-7-16(14-24)15-25-22/h2-7,12-13,15,18-19H,8-11H2,1H3,(H,26,29). The van der Waals surface area contributed by atoms with Gasteiger partial charge in [0.15, 0.2) is 0 Å². The van der Waals surface area contributed by atoms with Crippen molar-refractivity contribution in [3.63, 3.8) is 0 Å². The third-order valence-electron chi connectivity index (χ3n) is 5.34. The van der Waals surface area contributed by atoms with E-state index in [0.29, 0.717) is 17.1 Å². The van der Waals surface area contributed by atoms with Crippen LogP contribution in [0, 0.1) is 11.3 Å². The van der Waals surface area contributed by atoms with Crippen LogP contribution < -0.4 is 10.1 Å². The number of carbonyl (C=O) groups is 1. The molecule has 1 aliphatic carbocycles. The molecule has 2 aromatic heterocycles. The smallest absolute Gasteiger partial charge is 0.269 e. The fourth-order valence-electron chi connectivity index (χ4n) is 3.70. The summed E-state index contributed by atoms with van der Waals surface area (Å²) in [6.07, 6.45) is 4.95. The largest absolute Gasteiger partial charge is 0.474 e. The van der Waals surface area contributed by atoms with Crippen LogP contribution in [0.3, 0.4) is 0 Å². The molecule has 3 aromatic rings. The van der Waals surface area contributed by atoms with Crippen molar-refractivity contribution >= 4 is 5.91 Å². The van der Waals surface area contributed by atoms with Gasteiger partial charge in [-0.05, 0) is 37.8 Å². The molecule has 0 saturated heterocycles. The predicted octanol–water partition coefficient (Wildman–Crippen LogP) is 3.47. The molecular weight excluding hydrogens is 378 g/mol. The van der Waals surface area contributed by atoms with Crippen LogP contribution in [0.2, 0.25) is 0 Å². The molecule has 7 heteroatoms. The van der Waals surface area contributed by atoms with Crippen molar-refractivity contribution in [2.45, 2.75) is 37.8 Å². The summed E-state index contributed by atoms with van der Waals surface area (Å²) >= 11 is 0. The first kappa shape index (κ1) is 19.6. The van der Waals surface area contributed by atoms with Crippen LogP contribution in [0.25, 0.3) is 11.3 Å². The molecule has 1 aliphatic rings. The summed E-state index contributed by atoms with van der Waals surface area (Å²) in [5.41, 5.74) is 2.84. The van der Waals surface area contributed by atoms with Gasteiger partial charge in [-0.3, -0.25) is 9.48 Å². The molecule has 0 bridgehead atoms. The normalized spacial score (nSPS) is 18.4. The van der Waals surface area contributed by atoms with E-state index < -0.39 is 0 Å². The van der Waals surface area contributed by atoms with Gasteiger partial charge in [0.05, 0.1) is 11.3 Å². The van der Waals surface area contributed by atoms with E-state index in [2.05, 4.69) is 15.4 Å². The highest BCUT2D eigenvalue weighted by Crippen LogP contribution is 2.24. The van der Waals surface area contributed by atoms with Crippen LogP contribution >= 0.6 is 0 Å². The summed E-state index contributed by atoms with van der Waals surface area (Å²) in [4.78, 5) is 16.9. The molecule has 4 rings (SSSR count). The zero-order chi connectivity index (χ0) is 20.9. The Morgan fingerprint density at radius 2 is 1.93 bits per heavy atom. The van der Waals surface area contributed by atoms with Crippen molar-refractivity contribution in [2.24, 2.45) is 7.05 Å². The molecule has 0 radical (unpaired) electrons. The summed E-state index contributed by atoms with van der Waals surface area (Å²) in [6.45, 7) is 0. The third kappa shape index (κ3) is 4.49. The number of aryl methyl sites for hydroxylation is 1. The van der Waals surface area contributed by atoms with Crippen LogP contribution in [-0.2, 0) is 7.05 Å². The van der Waals surface area contributed by atoms with E-state index in [1.54, 1.807) is 23.9 Å². The summed E-state index contributed by atoms with van der Waals surface area (Å²) in [6, 6.07) is 17.2. The summed E-state index contributed by atoms with van der Waals surface area (Å²) in [7, 11) is 1.79. The number of aromatic nitrogens is 3. The molecule has 1 amide bonds. The number of carbonyl (C=O) groups excluding carboxylic acids is 1. The molecule has 1 saturated carbocycles. The second-order valence-corrected chi connectivity index (χ2v) is 7.47. The second kappa shape index (κ2) is 8.78. The summed E-state index contributed by atoms with van der Waals surface area (Å²) < 4.78 is 7.54. The van der Waals surface area contributed by atoms with E-state index >= 15 is 0 Å². The van der Waals surface area contributed by atoms with E-state index in [-0.39, 0.29) is 18.1 Å². The first-order valence-electron chi connectivity index (χ1n) is 10.1. The van der Waals surface area contributed by atoms with Crippen molar-refractivity contribution in [3.8, 4) is 23.2 Å². The minimum absolute atomic E-state index is 0.0694. The number of nitrogens with zero attached hydrogens (tertiary/aromatic N) is 4. The molecule has 2 heterocycles. The lowest BCUT2D eigenvalue weighted by Gasteiger charge is -2.29. The first-order chi connectivity index (χ1) is 14.6. The maximum Gasteiger partial charge on any atom is 0.269 e. The van der Waals surface area contributed by atoms with Gasteiger partial charge in [0.2, 0.25) is 5.88 Å².